The van der Waals surface area contributed by atoms with Gasteiger partial charge >= 0.3 is 6.03 Å². The van der Waals surface area contributed by atoms with Crippen LogP contribution in [-0.4, -0.2) is 37.0 Å². The second-order valence-corrected chi connectivity index (χ2v) is 7.76. The van der Waals surface area contributed by atoms with E-state index < -0.39 is 17.9 Å². The number of ether oxygens (including phenoxy) is 2. The van der Waals surface area contributed by atoms with Crippen LogP contribution in [0.2, 0.25) is 5.02 Å². The fraction of sp³-hybridized carbons (Fsp3) is 0.238. The molecule has 6 nitrogen and oxygen atoms in total. The van der Waals surface area contributed by atoms with Crippen molar-refractivity contribution in [1.29, 1.82) is 0 Å². The van der Waals surface area contributed by atoms with Crippen molar-refractivity contribution in [2.24, 2.45) is 0 Å². The topological polar surface area (TPSA) is 67.9 Å². The van der Waals surface area contributed by atoms with Crippen LogP contribution in [0.4, 0.5) is 14.9 Å². The molecular weight excluding hydrogens is 479 g/mol. The Kier molecular flexibility index (Phi) is 7.47. The average Bonchev–Trinajstić information content (AvgIpc) is 2.71. The summed E-state index contributed by atoms with van der Waals surface area (Å²) in [6.45, 7) is 0.689. The van der Waals surface area contributed by atoms with Crippen LogP contribution in [0.15, 0.2) is 53.1 Å². The van der Waals surface area contributed by atoms with Gasteiger partial charge in [-0.2, -0.15) is 0 Å². The predicted octanol–water partition coefficient (Wildman–Crippen LogP) is 5.33. The van der Waals surface area contributed by atoms with Crippen molar-refractivity contribution in [1.82, 2.24) is 4.90 Å². The standard InChI is InChI=1S/C21H19BrClFN2O4/c1-29-8-9-30-20-12-18(16(22)11-17(20)23)25-21(28)26-7-6-15(27)10-19(26)13-2-4-14(24)5-3-13/h2-7,11-12,19H,8-10H2,1H3,(H,25,28)/t19-/m0/s1. The van der Waals surface area contributed by atoms with Gasteiger partial charge in [0.15, 0.2) is 5.78 Å². The predicted molar refractivity (Wildman–Crippen MR) is 115 cm³/mol. The highest BCUT2D eigenvalue weighted by molar-refractivity contribution is 9.10. The molecule has 1 atom stereocenters. The molecule has 0 saturated heterocycles. The Balaban J connectivity index is 1.82. The fourth-order valence-corrected chi connectivity index (χ4v) is 3.74. The van der Waals surface area contributed by atoms with E-state index in [0.717, 1.165) is 0 Å². The number of halogens is 3. The number of hydrogen-bond acceptors (Lipinski definition) is 4. The zero-order valence-electron chi connectivity index (χ0n) is 16.0. The summed E-state index contributed by atoms with van der Waals surface area (Å²) in [6.07, 6.45) is 2.87. The van der Waals surface area contributed by atoms with E-state index >= 15 is 0 Å². The van der Waals surface area contributed by atoms with E-state index in [1.54, 1.807) is 31.4 Å². The van der Waals surface area contributed by atoms with Crippen LogP contribution in [0, 0.1) is 5.82 Å². The first-order chi connectivity index (χ1) is 14.4. The highest BCUT2D eigenvalue weighted by atomic mass is 79.9. The summed E-state index contributed by atoms with van der Waals surface area (Å²) in [7, 11) is 1.56. The second kappa shape index (κ2) is 10.1. The van der Waals surface area contributed by atoms with Crippen LogP contribution in [0.25, 0.3) is 0 Å². The van der Waals surface area contributed by atoms with Crippen LogP contribution < -0.4 is 10.1 Å². The molecule has 0 unspecified atom stereocenters. The minimum Gasteiger partial charge on any atom is -0.490 e. The largest absolute Gasteiger partial charge is 0.490 e. The van der Waals surface area contributed by atoms with Crippen molar-refractivity contribution in [2.75, 3.05) is 25.6 Å². The van der Waals surface area contributed by atoms with Crippen LogP contribution in [0.1, 0.15) is 18.0 Å². The van der Waals surface area contributed by atoms with Crippen LogP contribution in [0.5, 0.6) is 5.75 Å². The van der Waals surface area contributed by atoms with E-state index in [-0.39, 0.29) is 12.2 Å². The number of rotatable bonds is 6. The summed E-state index contributed by atoms with van der Waals surface area (Å²) in [6, 6.07) is 7.93. The SMILES string of the molecule is COCCOc1cc(NC(=O)N2C=CC(=O)C[C@H]2c2ccc(F)cc2)c(Br)cc1Cl. The molecular formula is C21H19BrClFN2O4. The lowest BCUT2D eigenvalue weighted by Gasteiger charge is -2.31. The molecule has 0 saturated carbocycles. The Hall–Kier alpha value is -2.42. The molecule has 30 heavy (non-hydrogen) atoms. The van der Waals surface area contributed by atoms with Gasteiger partial charge in [0.2, 0.25) is 0 Å². The van der Waals surface area contributed by atoms with Crippen molar-refractivity contribution < 1.29 is 23.5 Å². The summed E-state index contributed by atoms with van der Waals surface area (Å²) in [5.74, 6) is -0.111. The average molecular weight is 498 g/mol. The van der Waals surface area contributed by atoms with E-state index in [1.807, 2.05) is 0 Å². The Bertz CT molecular complexity index is 968. The summed E-state index contributed by atoms with van der Waals surface area (Å²) < 4.78 is 24.4. The molecule has 9 heteroatoms. The fourth-order valence-electron chi connectivity index (χ4n) is 2.95. The maximum Gasteiger partial charge on any atom is 0.326 e. The van der Waals surface area contributed by atoms with E-state index in [2.05, 4.69) is 21.2 Å². The quantitative estimate of drug-likeness (QED) is 0.548. The first-order valence-electron chi connectivity index (χ1n) is 9.05. The number of anilines is 1. The molecule has 0 radical (unpaired) electrons. The summed E-state index contributed by atoms with van der Waals surface area (Å²) in [5, 5.41) is 3.18. The summed E-state index contributed by atoms with van der Waals surface area (Å²) >= 11 is 9.58. The third-order valence-electron chi connectivity index (χ3n) is 4.45. The smallest absolute Gasteiger partial charge is 0.326 e. The van der Waals surface area contributed by atoms with Gasteiger partial charge in [-0.15, -0.1) is 0 Å². The molecule has 2 aromatic carbocycles. The monoisotopic (exact) mass is 496 g/mol. The molecule has 1 N–H and O–H groups in total. The van der Waals surface area contributed by atoms with Crippen molar-refractivity contribution >= 4 is 45.0 Å². The third kappa shape index (κ3) is 5.38. The number of carbonyl (C=O) groups excluding carboxylic acids is 2. The first-order valence-corrected chi connectivity index (χ1v) is 10.2. The lowest BCUT2D eigenvalue weighted by atomic mass is 9.97. The number of nitrogens with zero attached hydrogens (tertiary/aromatic N) is 1. The van der Waals surface area contributed by atoms with Crippen LogP contribution >= 0.6 is 27.5 Å². The van der Waals surface area contributed by atoms with Gasteiger partial charge in [-0.3, -0.25) is 9.69 Å². The van der Waals surface area contributed by atoms with E-state index in [4.69, 9.17) is 21.1 Å². The second-order valence-electron chi connectivity index (χ2n) is 6.49. The molecule has 0 fully saturated rings. The molecule has 0 aromatic heterocycles. The number of ketones is 1. The van der Waals surface area contributed by atoms with Gasteiger partial charge in [0, 0.05) is 30.3 Å². The van der Waals surface area contributed by atoms with E-state index in [1.165, 1.54) is 29.3 Å². The minimum absolute atomic E-state index is 0.0999. The zero-order chi connectivity index (χ0) is 21.7. The van der Waals surface area contributed by atoms with Gasteiger partial charge in [-0.05, 0) is 45.8 Å². The van der Waals surface area contributed by atoms with E-state index in [9.17, 15) is 14.0 Å². The van der Waals surface area contributed by atoms with Crippen molar-refractivity contribution in [2.45, 2.75) is 12.5 Å². The molecule has 2 aromatic rings. The Morgan fingerprint density at radius 3 is 2.73 bits per heavy atom. The van der Waals surface area contributed by atoms with Crippen molar-refractivity contribution in [3.63, 3.8) is 0 Å². The number of methoxy groups -OCH3 is 1. The van der Waals surface area contributed by atoms with Gasteiger partial charge in [0.1, 0.15) is 18.2 Å². The maximum atomic E-state index is 13.3. The molecule has 158 valence electrons. The zero-order valence-corrected chi connectivity index (χ0v) is 18.4. The Morgan fingerprint density at radius 2 is 2.03 bits per heavy atom. The molecule has 0 aliphatic carbocycles. The molecule has 1 heterocycles. The van der Waals surface area contributed by atoms with Gasteiger partial charge < -0.3 is 14.8 Å². The van der Waals surface area contributed by atoms with Crippen molar-refractivity contribution in [3.8, 4) is 5.75 Å². The van der Waals surface area contributed by atoms with E-state index in [0.29, 0.717) is 39.7 Å². The first kappa shape index (κ1) is 22.3. The number of nitrogens with one attached hydrogen (secondary N) is 1. The third-order valence-corrected chi connectivity index (χ3v) is 5.40. The number of amides is 2. The number of carbonyl (C=O) groups is 2. The Morgan fingerprint density at radius 1 is 1.30 bits per heavy atom. The van der Waals surface area contributed by atoms with Gasteiger partial charge in [0.25, 0.3) is 0 Å². The number of hydrogen-bond donors (Lipinski definition) is 1. The normalized spacial score (nSPS) is 15.9. The molecule has 2 amide bonds. The lowest BCUT2D eigenvalue weighted by molar-refractivity contribution is -0.116. The number of urea groups is 1. The molecule has 0 bridgehead atoms. The molecule has 1 aliphatic rings. The molecule has 0 spiro atoms. The number of benzene rings is 2. The van der Waals surface area contributed by atoms with Gasteiger partial charge in [0.05, 0.1) is 23.4 Å². The number of allylic oxidation sites excluding steroid dienone is 1. The Labute approximate surface area is 186 Å². The molecule has 3 rings (SSSR count). The van der Waals surface area contributed by atoms with Gasteiger partial charge in [-0.25, -0.2) is 9.18 Å². The summed E-state index contributed by atoms with van der Waals surface area (Å²) in [4.78, 5) is 26.3. The highest BCUT2D eigenvalue weighted by Crippen LogP contribution is 2.36. The van der Waals surface area contributed by atoms with Crippen molar-refractivity contribution in [3.05, 3.63) is 69.6 Å². The summed E-state index contributed by atoms with van der Waals surface area (Å²) in [5.41, 5.74) is 1.10. The minimum atomic E-state index is -0.549. The maximum absolute atomic E-state index is 13.3. The molecule has 1 aliphatic heterocycles. The lowest BCUT2D eigenvalue weighted by Crippen LogP contribution is -2.37. The van der Waals surface area contributed by atoms with Gasteiger partial charge in [-0.1, -0.05) is 23.7 Å². The van der Waals surface area contributed by atoms with Crippen LogP contribution in [0.3, 0.4) is 0 Å². The highest BCUT2D eigenvalue weighted by Gasteiger charge is 2.29. The van der Waals surface area contributed by atoms with Crippen LogP contribution in [-0.2, 0) is 9.53 Å².